The molecule has 0 unspecified atom stereocenters. The summed E-state index contributed by atoms with van der Waals surface area (Å²) < 4.78 is 52.1. The van der Waals surface area contributed by atoms with E-state index in [1.807, 2.05) is 13.8 Å². The molecule has 3 N–H and O–H groups in total. The standard InChI is InChI=1S/C35H49N5O9S/c1-22-19-40(23(2)21-41)34(42)30-18-28(38-50(44,45)33-25(4)37-49-26(33)5)13-16-31(30)48-24(3)10-8-9-17-47-32(22)20-39(6)35(43)36-27-11-14-29(46-7)15-12-27/h11-16,18,22-24,32,38,41H,8-10,17,19-21H2,1-7H3,(H,36,43)/t22-,23-,24-,32+/m0/s1. The summed E-state index contributed by atoms with van der Waals surface area (Å²) in [5.74, 6) is 0.370. The molecule has 274 valence electrons. The van der Waals surface area contributed by atoms with Crippen molar-refractivity contribution in [1.29, 1.82) is 0 Å². The molecule has 15 heteroatoms. The van der Waals surface area contributed by atoms with Gasteiger partial charge >= 0.3 is 6.03 Å². The lowest BCUT2D eigenvalue weighted by Crippen LogP contribution is -2.48. The number of urea groups is 1. The van der Waals surface area contributed by atoms with Crippen LogP contribution < -0.4 is 19.5 Å². The molecule has 1 aliphatic heterocycles. The van der Waals surface area contributed by atoms with Crippen LogP contribution in [0.5, 0.6) is 11.5 Å². The number of amides is 3. The van der Waals surface area contributed by atoms with Gasteiger partial charge in [0.05, 0.1) is 37.5 Å². The van der Waals surface area contributed by atoms with Gasteiger partial charge in [-0.05, 0) is 89.4 Å². The molecule has 2 heterocycles. The van der Waals surface area contributed by atoms with Crippen molar-refractivity contribution in [1.82, 2.24) is 15.0 Å². The van der Waals surface area contributed by atoms with Crippen LogP contribution in [-0.4, -0.2) is 99.1 Å². The number of aryl methyl sites for hydroxylation is 2. The molecule has 1 aliphatic rings. The number of nitrogens with zero attached hydrogens (tertiary/aromatic N) is 3. The summed E-state index contributed by atoms with van der Waals surface area (Å²) in [5.41, 5.74) is 1.09. The van der Waals surface area contributed by atoms with Crippen LogP contribution in [0.15, 0.2) is 51.9 Å². The lowest BCUT2D eigenvalue weighted by Gasteiger charge is -2.35. The number of hydrogen-bond donors (Lipinski definition) is 3. The predicted octanol–water partition coefficient (Wildman–Crippen LogP) is 5.06. The number of nitrogens with one attached hydrogen (secondary N) is 2. The highest BCUT2D eigenvalue weighted by atomic mass is 32.2. The van der Waals surface area contributed by atoms with Crippen molar-refractivity contribution in [3.63, 3.8) is 0 Å². The van der Waals surface area contributed by atoms with Crippen molar-refractivity contribution in [2.45, 2.75) is 77.0 Å². The Morgan fingerprint density at radius 3 is 2.48 bits per heavy atom. The average molecular weight is 716 g/mol. The zero-order valence-corrected chi connectivity index (χ0v) is 30.6. The highest BCUT2D eigenvalue weighted by Gasteiger charge is 2.32. The van der Waals surface area contributed by atoms with Crippen molar-refractivity contribution >= 4 is 33.3 Å². The topological polar surface area (TPSA) is 173 Å². The Bertz CT molecular complexity index is 1690. The van der Waals surface area contributed by atoms with Crippen LogP contribution in [0.25, 0.3) is 0 Å². The molecule has 3 aromatic rings. The number of sulfonamides is 1. The predicted molar refractivity (Wildman–Crippen MR) is 188 cm³/mol. The van der Waals surface area contributed by atoms with Gasteiger partial charge in [0.25, 0.3) is 15.9 Å². The molecule has 0 aliphatic carbocycles. The first-order chi connectivity index (χ1) is 23.7. The third-order valence-electron chi connectivity index (χ3n) is 8.68. The zero-order valence-electron chi connectivity index (χ0n) is 29.8. The van der Waals surface area contributed by atoms with Crippen LogP contribution in [0.4, 0.5) is 16.2 Å². The number of aliphatic hydroxyl groups excluding tert-OH is 1. The minimum atomic E-state index is -4.10. The van der Waals surface area contributed by atoms with Gasteiger partial charge in [0.15, 0.2) is 10.7 Å². The first-order valence-electron chi connectivity index (χ1n) is 16.7. The van der Waals surface area contributed by atoms with Gasteiger partial charge in [-0.1, -0.05) is 12.1 Å². The SMILES string of the molecule is COc1ccc(NC(=O)N(C)C[C@H]2OCCCC[C@H](C)Oc3ccc(NS(=O)(=O)c4c(C)noc4C)cc3C(=O)N([C@@H](C)CO)C[C@@H]2C)cc1. The average Bonchev–Trinajstić information content (AvgIpc) is 3.44. The van der Waals surface area contributed by atoms with E-state index >= 15 is 0 Å². The lowest BCUT2D eigenvalue weighted by molar-refractivity contribution is -0.0115. The summed E-state index contributed by atoms with van der Waals surface area (Å²) in [6.07, 6.45) is 1.51. The van der Waals surface area contributed by atoms with E-state index in [0.717, 1.165) is 12.8 Å². The highest BCUT2D eigenvalue weighted by Crippen LogP contribution is 2.30. The molecule has 2 aromatic carbocycles. The van der Waals surface area contributed by atoms with Crippen molar-refractivity contribution in [3.05, 3.63) is 59.5 Å². The largest absolute Gasteiger partial charge is 0.497 e. The molecule has 0 saturated carbocycles. The van der Waals surface area contributed by atoms with E-state index in [9.17, 15) is 23.1 Å². The third-order valence-corrected chi connectivity index (χ3v) is 10.3. The molecule has 3 amide bonds. The van der Waals surface area contributed by atoms with E-state index in [1.54, 1.807) is 56.3 Å². The monoisotopic (exact) mass is 715 g/mol. The Morgan fingerprint density at radius 2 is 1.84 bits per heavy atom. The van der Waals surface area contributed by atoms with Crippen LogP contribution in [-0.2, 0) is 14.8 Å². The van der Waals surface area contributed by atoms with Gasteiger partial charge < -0.3 is 39.0 Å². The molecule has 0 radical (unpaired) electrons. The van der Waals surface area contributed by atoms with E-state index in [-0.39, 0.29) is 65.3 Å². The van der Waals surface area contributed by atoms with E-state index in [4.69, 9.17) is 18.7 Å². The zero-order chi connectivity index (χ0) is 36.6. The van der Waals surface area contributed by atoms with Gasteiger partial charge in [-0.2, -0.15) is 0 Å². The summed E-state index contributed by atoms with van der Waals surface area (Å²) in [6.45, 7) is 9.15. The van der Waals surface area contributed by atoms with Crippen LogP contribution in [0.3, 0.4) is 0 Å². The summed E-state index contributed by atoms with van der Waals surface area (Å²) in [6, 6.07) is 10.6. The highest BCUT2D eigenvalue weighted by molar-refractivity contribution is 7.92. The van der Waals surface area contributed by atoms with Crippen LogP contribution in [0.2, 0.25) is 0 Å². The summed E-state index contributed by atoms with van der Waals surface area (Å²) in [7, 11) is -0.846. The second kappa shape index (κ2) is 17.1. The summed E-state index contributed by atoms with van der Waals surface area (Å²) in [4.78, 5) is 30.6. The Labute approximate surface area is 294 Å². The Kier molecular flexibility index (Phi) is 13.1. The third kappa shape index (κ3) is 9.67. The number of rotatable bonds is 9. The fourth-order valence-corrected chi connectivity index (χ4v) is 7.14. The maximum Gasteiger partial charge on any atom is 0.321 e. The minimum Gasteiger partial charge on any atom is -0.497 e. The Hall–Kier alpha value is -4.34. The fraction of sp³-hybridized carbons (Fsp3) is 0.514. The number of carbonyl (C=O) groups is 2. The van der Waals surface area contributed by atoms with Gasteiger partial charge in [0, 0.05) is 44.0 Å². The normalized spacial score (nSPS) is 19.8. The number of methoxy groups -OCH3 is 1. The molecule has 0 fully saturated rings. The number of carbonyl (C=O) groups excluding carboxylic acids is 2. The molecule has 4 rings (SSSR count). The second-order valence-corrected chi connectivity index (χ2v) is 14.4. The maximum absolute atomic E-state index is 14.4. The van der Waals surface area contributed by atoms with Crippen molar-refractivity contribution in [2.75, 3.05) is 50.5 Å². The smallest absolute Gasteiger partial charge is 0.321 e. The van der Waals surface area contributed by atoms with Crippen LogP contribution in [0, 0.1) is 19.8 Å². The van der Waals surface area contributed by atoms with Crippen molar-refractivity contribution in [2.24, 2.45) is 5.92 Å². The Balaban J connectivity index is 1.62. The number of aromatic nitrogens is 1. The van der Waals surface area contributed by atoms with Crippen LogP contribution >= 0.6 is 0 Å². The van der Waals surface area contributed by atoms with E-state index in [1.165, 1.54) is 30.9 Å². The van der Waals surface area contributed by atoms with E-state index in [0.29, 0.717) is 30.2 Å². The van der Waals surface area contributed by atoms with E-state index in [2.05, 4.69) is 15.2 Å². The summed E-state index contributed by atoms with van der Waals surface area (Å²) in [5, 5.41) is 16.9. The fourth-order valence-electron chi connectivity index (χ4n) is 5.76. The number of ether oxygens (including phenoxy) is 3. The minimum absolute atomic E-state index is 0.0770. The van der Waals surface area contributed by atoms with Gasteiger partial charge in [0.1, 0.15) is 17.2 Å². The number of likely N-dealkylation sites (N-methyl/N-ethyl adjacent to an activating group) is 1. The first-order valence-corrected chi connectivity index (χ1v) is 18.2. The quantitative estimate of drug-likeness (QED) is 0.272. The molecule has 0 saturated heterocycles. The van der Waals surface area contributed by atoms with Gasteiger partial charge in [-0.15, -0.1) is 0 Å². The summed E-state index contributed by atoms with van der Waals surface area (Å²) >= 11 is 0. The Morgan fingerprint density at radius 1 is 1.14 bits per heavy atom. The van der Waals surface area contributed by atoms with Crippen molar-refractivity contribution in [3.8, 4) is 11.5 Å². The van der Waals surface area contributed by atoms with E-state index < -0.39 is 28.1 Å². The number of aliphatic hydroxyl groups is 1. The molecule has 14 nitrogen and oxygen atoms in total. The number of anilines is 2. The molecule has 4 atom stereocenters. The molecule has 1 aromatic heterocycles. The maximum atomic E-state index is 14.4. The molecule has 0 bridgehead atoms. The molecular weight excluding hydrogens is 666 g/mol. The lowest BCUT2D eigenvalue weighted by atomic mass is 10.0. The first kappa shape index (κ1) is 38.5. The van der Waals surface area contributed by atoms with Gasteiger partial charge in [-0.25, -0.2) is 13.2 Å². The van der Waals surface area contributed by atoms with Gasteiger partial charge in [0.2, 0.25) is 0 Å². The second-order valence-electron chi connectivity index (χ2n) is 12.8. The molecular formula is C35H49N5O9S. The number of benzene rings is 2. The van der Waals surface area contributed by atoms with Crippen LogP contribution in [0.1, 0.15) is 61.8 Å². The van der Waals surface area contributed by atoms with Crippen molar-refractivity contribution < 1.29 is 41.8 Å². The molecule has 50 heavy (non-hydrogen) atoms. The number of hydrogen-bond acceptors (Lipinski definition) is 10. The van der Waals surface area contributed by atoms with Gasteiger partial charge in [-0.3, -0.25) is 9.52 Å². The number of fused-ring (bicyclic) bond motifs is 1. The molecule has 0 spiro atoms.